The summed E-state index contributed by atoms with van der Waals surface area (Å²) in [5.74, 6) is -0.298. The zero-order valence-corrected chi connectivity index (χ0v) is 13.6. The monoisotopic (exact) mass is 332 g/mol. The van der Waals surface area contributed by atoms with Gasteiger partial charge in [-0.3, -0.25) is 14.2 Å². The molecule has 1 aliphatic carbocycles. The van der Waals surface area contributed by atoms with Gasteiger partial charge in [-0.25, -0.2) is 9.36 Å². The number of ether oxygens (including phenoxy) is 1. The summed E-state index contributed by atoms with van der Waals surface area (Å²) >= 11 is 0. The molecular formula is C16H20N4O4. The summed E-state index contributed by atoms with van der Waals surface area (Å²) in [5.41, 5.74) is -1.33. The molecule has 2 aliphatic rings. The van der Waals surface area contributed by atoms with Crippen molar-refractivity contribution in [2.24, 2.45) is 0 Å². The largest absolute Gasteiger partial charge is 0.375 e. The molecule has 1 aromatic heterocycles. The fourth-order valence-corrected chi connectivity index (χ4v) is 2.88. The predicted octanol–water partition coefficient (Wildman–Crippen LogP) is -0.146. The standard InChI is InChI=1S/C16H20N4O4/c1-2-13-9-18(5-6-24-13)14(21)10-20-15(22)11(7-17)8-19(16(20)23)12-3-4-12/h8,12-13H,2-6,9-10H2,1H3/t13-/m0/s1. The van der Waals surface area contributed by atoms with E-state index in [4.69, 9.17) is 10.00 Å². The van der Waals surface area contributed by atoms with Crippen molar-refractivity contribution in [1.29, 1.82) is 5.26 Å². The molecule has 1 saturated heterocycles. The van der Waals surface area contributed by atoms with Gasteiger partial charge in [-0.05, 0) is 19.3 Å². The van der Waals surface area contributed by atoms with Crippen LogP contribution in [-0.2, 0) is 16.1 Å². The molecule has 1 saturated carbocycles. The van der Waals surface area contributed by atoms with Crippen molar-refractivity contribution < 1.29 is 9.53 Å². The van der Waals surface area contributed by atoms with Gasteiger partial charge in [0.2, 0.25) is 5.91 Å². The highest BCUT2D eigenvalue weighted by atomic mass is 16.5. The minimum atomic E-state index is -0.701. The van der Waals surface area contributed by atoms with Gasteiger partial charge >= 0.3 is 5.69 Å². The van der Waals surface area contributed by atoms with Gasteiger partial charge in [-0.1, -0.05) is 6.92 Å². The van der Waals surface area contributed by atoms with Crippen LogP contribution in [0.3, 0.4) is 0 Å². The number of rotatable bonds is 4. The number of amides is 1. The highest BCUT2D eigenvalue weighted by Gasteiger charge is 2.28. The zero-order valence-electron chi connectivity index (χ0n) is 13.6. The van der Waals surface area contributed by atoms with Crippen LogP contribution in [0.5, 0.6) is 0 Å². The maximum atomic E-state index is 12.5. The maximum Gasteiger partial charge on any atom is 0.331 e. The third-order valence-corrected chi connectivity index (χ3v) is 4.50. The highest BCUT2D eigenvalue weighted by molar-refractivity contribution is 5.76. The van der Waals surface area contributed by atoms with Crippen LogP contribution in [0.15, 0.2) is 15.8 Å². The number of carbonyl (C=O) groups is 1. The molecule has 1 atom stereocenters. The average molecular weight is 332 g/mol. The van der Waals surface area contributed by atoms with E-state index >= 15 is 0 Å². The first-order valence-corrected chi connectivity index (χ1v) is 8.20. The Morgan fingerprint density at radius 1 is 1.42 bits per heavy atom. The summed E-state index contributed by atoms with van der Waals surface area (Å²) in [4.78, 5) is 38.9. The zero-order chi connectivity index (χ0) is 17.3. The van der Waals surface area contributed by atoms with Crippen LogP contribution in [0.1, 0.15) is 37.8 Å². The van der Waals surface area contributed by atoms with Crippen LogP contribution in [0.25, 0.3) is 0 Å². The Balaban J connectivity index is 1.88. The Labute approximate surface area is 138 Å². The number of hydrogen-bond donors (Lipinski definition) is 0. The smallest absolute Gasteiger partial charge is 0.331 e. The van der Waals surface area contributed by atoms with Crippen molar-refractivity contribution in [3.05, 3.63) is 32.6 Å². The lowest BCUT2D eigenvalue weighted by atomic mass is 10.2. The average Bonchev–Trinajstić information content (AvgIpc) is 3.43. The Bertz CT molecular complexity index is 800. The van der Waals surface area contributed by atoms with Gasteiger partial charge in [0.05, 0.1) is 12.7 Å². The van der Waals surface area contributed by atoms with Gasteiger partial charge in [-0.2, -0.15) is 5.26 Å². The second-order valence-electron chi connectivity index (χ2n) is 6.21. The van der Waals surface area contributed by atoms with Gasteiger partial charge in [-0.15, -0.1) is 0 Å². The summed E-state index contributed by atoms with van der Waals surface area (Å²) in [5, 5.41) is 9.12. The van der Waals surface area contributed by atoms with Crippen LogP contribution in [0.2, 0.25) is 0 Å². The molecule has 128 valence electrons. The molecule has 0 unspecified atom stereocenters. The van der Waals surface area contributed by atoms with E-state index in [0.29, 0.717) is 19.7 Å². The summed E-state index contributed by atoms with van der Waals surface area (Å²) in [7, 11) is 0. The molecule has 0 bridgehead atoms. The Hall–Kier alpha value is -2.40. The number of nitriles is 1. The van der Waals surface area contributed by atoms with Crippen LogP contribution < -0.4 is 11.2 Å². The predicted molar refractivity (Wildman–Crippen MR) is 84.6 cm³/mol. The molecule has 0 spiro atoms. The number of carbonyl (C=O) groups excluding carboxylic acids is 1. The van der Waals surface area contributed by atoms with Crippen molar-refractivity contribution in [1.82, 2.24) is 14.0 Å². The molecule has 24 heavy (non-hydrogen) atoms. The fourth-order valence-electron chi connectivity index (χ4n) is 2.88. The van der Waals surface area contributed by atoms with Crippen molar-refractivity contribution in [2.45, 2.75) is 44.9 Å². The third-order valence-electron chi connectivity index (χ3n) is 4.50. The molecule has 0 radical (unpaired) electrons. The molecule has 2 fully saturated rings. The van der Waals surface area contributed by atoms with E-state index in [0.717, 1.165) is 23.8 Å². The molecule has 2 heterocycles. The number of morpholine rings is 1. The number of nitrogens with zero attached hydrogens (tertiary/aromatic N) is 4. The Morgan fingerprint density at radius 3 is 2.79 bits per heavy atom. The molecule has 8 nitrogen and oxygen atoms in total. The van der Waals surface area contributed by atoms with E-state index in [1.165, 1.54) is 10.8 Å². The van der Waals surface area contributed by atoms with Crippen molar-refractivity contribution in [3.63, 3.8) is 0 Å². The normalized spacial score (nSPS) is 20.7. The van der Waals surface area contributed by atoms with Crippen LogP contribution >= 0.6 is 0 Å². The molecular weight excluding hydrogens is 312 g/mol. The molecule has 0 aromatic carbocycles. The summed E-state index contributed by atoms with van der Waals surface area (Å²) < 4.78 is 7.82. The third kappa shape index (κ3) is 3.12. The maximum absolute atomic E-state index is 12.5. The lowest BCUT2D eigenvalue weighted by molar-refractivity contribution is -0.139. The van der Waals surface area contributed by atoms with Gasteiger partial charge in [0.15, 0.2) is 0 Å². The molecule has 1 aromatic rings. The molecule has 8 heteroatoms. The van der Waals surface area contributed by atoms with Gasteiger partial charge in [0.1, 0.15) is 18.2 Å². The van der Waals surface area contributed by atoms with Gasteiger partial charge < -0.3 is 9.64 Å². The van der Waals surface area contributed by atoms with E-state index in [2.05, 4.69) is 0 Å². The highest BCUT2D eigenvalue weighted by Crippen LogP contribution is 2.33. The quantitative estimate of drug-likeness (QED) is 0.764. The van der Waals surface area contributed by atoms with Gasteiger partial charge in [0, 0.05) is 25.3 Å². The Morgan fingerprint density at radius 2 is 2.17 bits per heavy atom. The SMILES string of the molecule is CC[C@H]1CN(C(=O)Cn2c(=O)c(C#N)cn(C3CC3)c2=O)CCO1. The van der Waals surface area contributed by atoms with E-state index in [-0.39, 0.29) is 30.2 Å². The topological polar surface area (TPSA) is 97.3 Å². The summed E-state index contributed by atoms with van der Waals surface area (Å²) in [6.45, 7) is 2.99. The Kier molecular flexibility index (Phi) is 4.53. The molecule has 3 rings (SSSR count). The number of aromatic nitrogens is 2. The first kappa shape index (κ1) is 16.5. The summed E-state index contributed by atoms with van der Waals surface area (Å²) in [6, 6.07) is 1.84. The van der Waals surface area contributed by atoms with E-state index in [1.54, 1.807) is 4.90 Å². The van der Waals surface area contributed by atoms with E-state index in [1.807, 2.05) is 13.0 Å². The van der Waals surface area contributed by atoms with E-state index < -0.39 is 11.2 Å². The second-order valence-corrected chi connectivity index (χ2v) is 6.21. The number of hydrogen-bond acceptors (Lipinski definition) is 5. The fraction of sp³-hybridized carbons (Fsp3) is 0.625. The van der Waals surface area contributed by atoms with Crippen molar-refractivity contribution >= 4 is 5.91 Å². The van der Waals surface area contributed by atoms with Crippen molar-refractivity contribution in [2.75, 3.05) is 19.7 Å². The molecule has 0 N–H and O–H groups in total. The van der Waals surface area contributed by atoms with E-state index in [9.17, 15) is 14.4 Å². The minimum Gasteiger partial charge on any atom is -0.375 e. The first-order chi connectivity index (χ1) is 11.5. The van der Waals surface area contributed by atoms with Crippen LogP contribution in [0.4, 0.5) is 0 Å². The first-order valence-electron chi connectivity index (χ1n) is 8.20. The lowest BCUT2D eigenvalue weighted by Gasteiger charge is -2.32. The summed E-state index contributed by atoms with van der Waals surface area (Å²) in [6.07, 6.45) is 3.78. The van der Waals surface area contributed by atoms with Crippen LogP contribution in [-0.4, -0.2) is 45.7 Å². The van der Waals surface area contributed by atoms with Crippen LogP contribution in [0, 0.1) is 11.3 Å². The second kappa shape index (κ2) is 6.61. The lowest BCUT2D eigenvalue weighted by Crippen LogP contribution is -2.49. The molecule has 1 amide bonds. The van der Waals surface area contributed by atoms with Gasteiger partial charge in [0.25, 0.3) is 5.56 Å². The molecule has 1 aliphatic heterocycles. The minimum absolute atomic E-state index is 0.0204. The van der Waals surface area contributed by atoms with Crippen molar-refractivity contribution in [3.8, 4) is 6.07 Å².